The molecule has 11 heteroatoms. The Hall–Kier alpha value is -5.42. The van der Waals surface area contributed by atoms with Gasteiger partial charge in [0.15, 0.2) is 5.76 Å². The first-order chi connectivity index (χ1) is 22.6. The van der Waals surface area contributed by atoms with Gasteiger partial charge >= 0.3 is 0 Å². The van der Waals surface area contributed by atoms with Crippen LogP contribution in [0.3, 0.4) is 0 Å². The number of nitrogens with one attached hydrogen (secondary N) is 1. The number of anilines is 1. The number of benzene rings is 4. The van der Waals surface area contributed by atoms with Crippen molar-refractivity contribution in [3.8, 4) is 33.9 Å². The summed E-state index contributed by atoms with van der Waals surface area (Å²) < 4.78 is 58.4. The predicted octanol–water partition coefficient (Wildman–Crippen LogP) is 7.45. The molecule has 1 aromatic heterocycles. The molecule has 0 saturated carbocycles. The summed E-state index contributed by atoms with van der Waals surface area (Å²) in [6.45, 7) is 5.88. The molecule has 0 spiro atoms. The highest BCUT2D eigenvalue weighted by Crippen LogP contribution is 2.43. The number of ketones is 1. The first kappa shape index (κ1) is 32.5. The molecule has 1 amide bonds. The van der Waals surface area contributed by atoms with E-state index in [-0.39, 0.29) is 39.7 Å². The van der Waals surface area contributed by atoms with E-state index in [9.17, 15) is 22.4 Å². The van der Waals surface area contributed by atoms with Crippen molar-refractivity contribution in [3.63, 3.8) is 0 Å². The lowest BCUT2D eigenvalue weighted by molar-refractivity contribution is 0.0963. The molecule has 48 heavy (non-hydrogen) atoms. The standard InChI is InChI=1S/C37H33FN2O7S/c1-37(2,3)47-25-14-7-21(8-15-25)17-32-34(41)28-18-23(11-16-30(28)45-32)26-19-27-31(20-29(26)40(5)48(6,43)44)46-35(33(27)36(42)39-4)22-9-12-24(38)13-10-22/h7-20H,1-6H3,(H,39,42)/b32-17+. The number of carbonyl (C=O) groups excluding carboxylic acids is 2. The highest BCUT2D eigenvalue weighted by Gasteiger charge is 2.30. The van der Waals surface area contributed by atoms with Gasteiger partial charge in [-0.25, -0.2) is 12.8 Å². The monoisotopic (exact) mass is 668 g/mol. The molecular formula is C37H33FN2O7S. The van der Waals surface area contributed by atoms with Crippen LogP contribution < -0.4 is 19.1 Å². The van der Waals surface area contributed by atoms with Crippen molar-refractivity contribution in [2.75, 3.05) is 24.7 Å². The van der Waals surface area contributed by atoms with Crippen LogP contribution in [-0.2, 0) is 10.0 Å². The van der Waals surface area contributed by atoms with Gasteiger partial charge in [-0.1, -0.05) is 18.2 Å². The van der Waals surface area contributed by atoms with Crippen molar-refractivity contribution in [3.05, 3.63) is 107 Å². The van der Waals surface area contributed by atoms with Crippen molar-refractivity contribution in [2.24, 2.45) is 0 Å². The van der Waals surface area contributed by atoms with Crippen LogP contribution in [-0.4, -0.2) is 46.1 Å². The molecule has 0 atom stereocenters. The third-order valence-corrected chi connectivity index (χ3v) is 8.98. The van der Waals surface area contributed by atoms with E-state index in [1.165, 1.54) is 44.4 Å². The van der Waals surface area contributed by atoms with Crippen LogP contribution in [0.15, 0.2) is 89.0 Å². The van der Waals surface area contributed by atoms with Gasteiger partial charge in [-0.05, 0) is 92.6 Å². The Labute approximate surface area is 277 Å². The van der Waals surface area contributed by atoms with Crippen LogP contribution in [0.2, 0.25) is 0 Å². The van der Waals surface area contributed by atoms with Crippen molar-refractivity contribution in [2.45, 2.75) is 26.4 Å². The molecule has 1 aliphatic heterocycles. The van der Waals surface area contributed by atoms with Gasteiger partial charge in [0, 0.05) is 36.7 Å². The molecule has 0 bridgehead atoms. The summed E-state index contributed by atoms with van der Waals surface area (Å²) in [6.07, 6.45) is 2.72. The molecule has 9 nitrogen and oxygen atoms in total. The smallest absolute Gasteiger partial charge is 0.255 e. The fraction of sp³-hybridized carbons (Fsp3) is 0.189. The zero-order valence-electron chi connectivity index (χ0n) is 27.2. The van der Waals surface area contributed by atoms with Gasteiger partial charge in [0.2, 0.25) is 15.8 Å². The van der Waals surface area contributed by atoms with Gasteiger partial charge in [0.1, 0.15) is 34.3 Å². The quantitative estimate of drug-likeness (QED) is 0.179. The lowest BCUT2D eigenvalue weighted by atomic mass is 9.96. The Morgan fingerprint density at radius 2 is 1.60 bits per heavy atom. The van der Waals surface area contributed by atoms with E-state index in [0.717, 1.165) is 16.1 Å². The largest absolute Gasteiger partial charge is 0.488 e. The second-order valence-corrected chi connectivity index (χ2v) is 14.4. The maximum Gasteiger partial charge on any atom is 0.255 e. The number of furan rings is 1. The average Bonchev–Trinajstić information content (AvgIpc) is 3.56. The van der Waals surface area contributed by atoms with Crippen molar-refractivity contribution in [1.29, 1.82) is 0 Å². The molecule has 0 radical (unpaired) electrons. The zero-order chi connectivity index (χ0) is 34.5. The number of hydrogen-bond acceptors (Lipinski definition) is 7. The van der Waals surface area contributed by atoms with Gasteiger partial charge in [-0.15, -0.1) is 0 Å². The van der Waals surface area contributed by atoms with Crippen LogP contribution in [0.5, 0.6) is 11.5 Å². The van der Waals surface area contributed by atoms with E-state index in [4.69, 9.17) is 13.9 Å². The fourth-order valence-electron chi connectivity index (χ4n) is 5.45. The third kappa shape index (κ3) is 6.28. The minimum atomic E-state index is -3.75. The first-order valence-electron chi connectivity index (χ1n) is 15.0. The molecule has 0 fully saturated rings. The molecule has 4 aromatic carbocycles. The number of ether oxygens (including phenoxy) is 2. The van der Waals surface area contributed by atoms with Gasteiger partial charge in [0.25, 0.3) is 5.91 Å². The number of halogens is 1. The summed E-state index contributed by atoms with van der Waals surface area (Å²) in [5, 5.41) is 3.03. The van der Waals surface area contributed by atoms with E-state index in [1.807, 2.05) is 45.0 Å². The van der Waals surface area contributed by atoms with E-state index < -0.39 is 21.7 Å². The van der Waals surface area contributed by atoms with Crippen LogP contribution in [0.1, 0.15) is 47.1 Å². The number of amides is 1. The third-order valence-electron chi connectivity index (χ3n) is 7.78. The number of Topliss-reactive ketones (excluding diaryl/α,β-unsaturated/α-hetero) is 1. The molecule has 0 unspecified atom stereocenters. The average molecular weight is 669 g/mol. The summed E-state index contributed by atoms with van der Waals surface area (Å²) in [5.41, 5.74) is 2.78. The van der Waals surface area contributed by atoms with Crippen LogP contribution in [0.4, 0.5) is 10.1 Å². The Morgan fingerprint density at radius 3 is 2.23 bits per heavy atom. The van der Waals surface area contributed by atoms with Crippen LogP contribution in [0, 0.1) is 5.82 Å². The number of nitrogens with zero attached hydrogens (tertiary/aromatic N) is 1. The lowest BCUT2D eigenvalue weighted by Gasteiger charge is -2.21. The molecule has 2 heterocycles. The highest BCUT2D eigenvalue weighted by molar-refractivity contribution is 7.92. The number of rotatable bonds is 7. The Bertz CT molecular complexity index is 2230. The first-order valence-corrected chi connectivity index (χ1v) is 16.9. The van der Waals surface area contributed by atoms with Gasteiger partial charge in [-0.2, -0.15) is 0 Å². The SMILES string of the molecule is CNC(=O)c1c(-c2ccc(F)cc2)oc2cc(N(C)S(C)(=O)=O)c(-c3ccc4c(c3)C(=O)/C(=C\c3ccc(OC(C)(C)C)cc3)O4)cc12. The second-order valence-electron chi connectivity index (χ2n) is 12.4. The zero-order valence-corrected chi connectivity index (χ0v) is 28.0. The molecule has 1 N–H and O–H groups in total. The van der Waals surface area contributed by atoms with Crippen molar-refractivity contribution < 1.29 is 36.3 Å². The lowest BCUT2D eigenvalue weighted by Crippen LogP contribution is -2.25. The Morgan fingerprint density at radius 1 is 0.938 bits per heavy atom. The van der Waals surface area contributed by atoms with Gasteiger partial charge in [0.05, 0.1) is 23.1 Å². The summed E-state index contributed by atoms with van der Waals surface area (Å²) in [6, 6.07) is 21.0. The molecule has 246 valence electrons. The number of allylic oxidation sites excluding steroid dienone is 1. The van der Waals surface area contributed by atoms with Crippen molar-refractivity contribution in [1.82, 2.24) is 5.32 Å². The number of carbonyl (C=O) groups is 2. The summed E-state index contributed by atoms with van der Waals surface area (Å²) in [4.78, 5) is 26.8. The van der Waals surface area contributed by atoms with Gasteiger partial charge in [-0.3, -0.25) is 13.9 Å². The molecule has 5 aromatic rings. The fourth-order valence-corrected chi connectivity index (χ4v) is 5.96. The molecule has 0 saturated heterocycles. The normalized spacial score (nSPS) is 13.8. The second kappa shape index (κ2) is 12.0. The number of sulfonamides is 1. The Balaban J connectivity index is 1.46. The van der Waals surface area contributed by atoms with E-state index in [1.54, 1.807) is 30.3 Å². The highest BCUT2D eigenvalue weighted by atomic mass is 32.2. The molecule has 6 rings (SSSR count). The molecule has 1 aliphatic rings. The minimum absolute atomic E-state index is 0.135. The van der Waals surface area contributed by atoms with Crippen LogP contribution >= 0.6 is 0 Å². The summed E-state index contributed by atoms with van der Waals surface area (Å²) in [5.74, 6) is 0.144. The number of fused-ring (bicyclic) bond motifs is 2. The van der Waals surface area contributed by atoms with E-state index in [2.05, 4.69) is 5.32 Å². The molecular weight excluding hydrogens is 635 g/mol. The molecule has 0 aliphatic carbocycles. The van der Waals surface area contributed by atoms with Gasteiger partial charge < -0.3 is 19.2 Å². The predicted molar refractivity (Wildman–Crippen MR) is 183 cm³/mol. The number of hydrogen-bond donors (Lipinski definition) is 1. The van der Waals surface area contributed by atoms with E-state index in [0.29, 0.717) is 39.1 Å². The minimum Gasteiger partial charge on any atom is -0.488 e. The maximum atomic E-state index is 13.7. The van der Waals surface area contributed by atoms with E-state index >= 15 is 0 Å². The van der Waals surface area contributed by atoms with Crippen molar-refractivity contribution >= 4 is 44.4 Å². The topological polar surface area (TPSA) is 115 Å². The van der Waals surface area contributed by atoms with Crippen LogP contribution in [0.25, 0.3) is 39.5 Å². The Kier molecular flexibility index (Phi) is 8.12. The summed E-state index contributed by atoms with van der Waals surface area (Å²) in [7, 11) is -0.868. The summed E-state index contributed by atoms with van der Waals surface area (Å²) >= 11 is 0. The maximum absolute atomic E-state index is 13.7.